The number of fused-ring (bicyclic) bond motifs is 1. The molecule has 1 aromatic heterocycles. The summed E-state index contributed by atoms with van der Waals surface area (Å²) >= 11 is 0. The van der Waals surface area contributed by atoms with E-state index in [1.807, 2.05) is 25.1 Å². The van der Waals surface area contributed by atoms with Crippen LogP contribution < -0.4 is 0 Å². The van der Waals surface area contributed by atoms with Crippen LogP contribution in [0.1, 0.15) is 11.5 Å². The van der Waals surface area contributed by atoms with Crippen molar-refractivity contribution in [1.29, 1.82) is 0 Å². The summed E-state index contributed by atoms with van der Waals surface area (Å²) in [6, 6.07) is 13.8. The topological polar surface area (TPSA) is 72.6 Å². The molecular weight excluding hydrogens is 371 g/mol. The molecule has 1 fully saturated rings. The molecule has 142 valence electrons. The molecule has 27 heavy (non-hydrogen) atoms. The van der Waals surface area contributed by atoms with Crippen LogP contribution in [-0.2, 0) is 21.4 Å². The Morgan fingerprint density at radius 2 is 1.93 bits per heavy atom. The summed E-state index contributed by atoms with van der Waals surface area (Å²) in [5.74, 6) is 0.336. The Morgan fingerprint density at radius 1 is 1.19 bits per heavy atom. The number of oxazole rings is 1. The largest absolute Gasteiger partial charge is 0.438 e. The second-order valence-electron chi connectivity index (χ2n) is 6.58. The third-order valence-electron chi connectivity index (χ3n) is 4.58. The number of alkyl halides is 1. The van der Waals surface area contributed by atoms with Gasteiger partial charge in [0, 0.05) is 13.1 Å². The zero-order valence-corrected chi connectivity index (χ0v) is 15.5. The van der Waals surface area contributed by atoms with E-state index in [2.05, 4.69) is 4.98 Å². The molecule has 2 unspecified atom stereocenters. The molecule has 1 saturated heterocycles. The van der Waals surface area contributed by atoms with Gasteiger partial charge < -0.3 is 9.15 Å². The summed E-state index contributed by atoms with van der Waals surface area (Å²) < 4.78 is 52.0. The number of halogens is 1. The van der Waals surface area contributed by atoms with Crippen LogP contribution in [0.5, 0.6) is 0 Å². The molecule has 1 aliphatic heterocycles. The first kappa shape index (κ1) is 18.1. The summed E-state index contributed by atoms with van der Waals surface area (Å²) in [7, 11) is -3.75. The number of rotatable bonds is 5. The third-order valence-corrected chi connectivity index (χ3v) is 6.43. The van der Waals surface area contributed by atoms with Crippen LogP contribution in [0.25, 0.3) is 11.1 Å². The van der Waals surface area contributed by atoms with Gasteiger partial charge in [-0.1, -0.05) is 29.8 Å². The lowest BCUT2D eigenvalue weighted by Crippen LogP contribution is -2.30. The molecule has 0 N–H and O–H groups in total. The molecule has 0 spiro atoms. The summed E-state index contributed by atoms with van der Waals surface area (Å²) in [6.07, 6.45) is -2.27. The van der Waals surface area contributed by atoms with Crippen molar-refractivity contribution < 1.29 is 22.0 Å². The highest BCUT2D eigenvalue weighted by Gasteiger charge is 2.40. The van der Waals surface area contributed by atoms with Gasteiger partial charge in [0.25, 0.3) is 0 Å². The number of nitrogens with zero attached hydrogens (tertiary/aromatic N) is 2. The van der Waals surface area contributed by atoms with Crippen molar-refractivity contribution >= 4 is 21.1 Å². The maximum absolute atomic E-state index is 14.4. The first-order valence-corrected chi connectivity index (χ1v) is 10.0. The highest BCUT2D eigenvalue weighted by atomic mass is 32.2. The first-order valence-electron chi connectivity index (χ1n) is 8.60. The van der Waals surface area contributed by atoms with Crippen molar-refractivity contribution in [2.45, 2.75) is 30.7 Å². The number of aryl methyl sites for hydroxylation is 1. The molecule has 3 aromatic rings. The Bertz CT molecular complexity index is 1020. The van der Waals surface area contributed by atoms with Gasteiger partial charge in [-0.3, -0.25) is 0 Å². The standard InChI is InChI=1S/C19H19FN2O4S/c1-13-6-8-14(9-7-13)27(23,24)22-10-15(20)18(11-22)25-12-19-21-16-4-2-3-5-17(16)26-19/h2-9,15,18H,10-12H2,1H3. The molecule has 0 bridgehead atoms. The second-order valence-corrected chi connectivity index (χ2v) is 8.51. The summed E-state index contributed by atoms with van der Waals surface area (Å²) in [5.41, 5.74) is 2.28. The number of ether oxygens (including phenoxy) is 1. The molecule has 0 aliphatic carbocycles. The minimum absolute atomic E-state index is 0.0157. The average molecular weight is 390 g/mol. The highest BCUT2D eigenvalue weighted by Crippen LogP contribution is 2.26. The normalized spacial score (nSPS) is 21.1. The molecule has 0 amide bonds. The van der Waals surface area contributed by atoms with Crippen LogP contribution in [0.3, 0.4) is 0 Å². The predicted octanol–water partition coefficient (Wildman–Crippen LogP) is 3.06. The van der Waals surface area contributed by atoms with E-state index in [9.17, 15) is 12.8 Å². The Kier molecular flexibility index (Phi) is 4.71. The molecule has 2 aromatic carbocycles. The van der Waals surface area contributed by atoms with Crippen molar-refractivity contribution in [1.82, 2.24) is 9.29 Å². The highest BCUT2D eigenvalue weighted by molar-refractivity contribution is 7.89. The van der Waals surface area contributed by atoms with Crippen LogP contribution in [0.2, 0.25) is 0 Å². The van der Waals surface area contributed by atoms with E-state index in [1.165, 1.54) is 12.1 Å². The zero-order valence-electron chi connectivity index (χ0n) is 14.7. The van der Waals surface area contributed by atoms with Crippen LogP contribution in [0, 0.1) is 6.92 Å². The fraction of sp³-hybridized carbons (Fsp3) is 0.316. The van der Waals surface area contributed by atoms with Gasteiger partial charge in [0.15, 0.2) is 5.58 Å². The van der Waals surface area contributed by atoms with Crippen molar-refractivity contribution in [3.63, 3.8) is 0 Å². The fourth-order valence-corrected chi connectivity index (χ4v) is 4.53. The van der Waals surface area contributed by atoms with Crippen molar-refractivity contribution in [2.75, 3.05) is 13.1 Å². The Labute approximate surface area is 156 Å². The average Bonchev–Trinajstić information content (AvgIpc) is 3.23. The monoisotopic (exact) mass is 390 g/mol. The molecule has 8 heteroatoms. The van der Waals surface area contributed by atoms with Gasteiger partial charge in [0.1, 0.15) is 24.4 Å². The Balaban J connectivity index is 1.44. The number of para-hydroxylation sites is 2. The molecule has 0 saturated carbocycles. The van der Waals surface area contributed by atoms with Crippen molar-refractivity contribution in [2.24, 2.45) is 0 Å². The van der Waals surface area contributed by atoms with Crippen molar-refractivity contribution in [3.05, 3.63) is 60.0 Å². The van der Waals surface area contributed by atoms with Crippen LogP contribution in [0.15, 0.2) is 57.8 Å². The number of sulfonamides is 1. The molecule has 1 aliphatic rings. The maximum Gasteiger partial charge on any atom is 0.243 e. The first-order chi connectivity index (χ1) is 12.9. The molecule has 2 atom stereocenters. The second kappa shape index (κ2) is 7.03. The molecule has 2 heterocycles. The lowest BCUT2D eigenvalue weighted by molar-refractivity contribution is 0.00381. The van der Waals surface area contributed by atoms with E-state index in [0.717, 1.165) is 9.87 Å². The van der Waals surface area contributed by atoms with Gasteiger partial charge in [0.2, 0.25) is 15.9 Å². The van der Waals surface area contributed by atoms with Gasteiger partial charge in [-0.2, -0.15) is 4.31 Å². The maximum atomic E-state index is 14.4. The van der Waals surface area contributed by atoms with Gasteiger partial charge >= 0.3 is 0 Å². The van der Waals surface area contributed by atoms with E-state index in [1.54, 1.807) is 18.2 Å². The zero-order chi connectivity index (χ0) is 19.0. The van der Waals surface area contributed by atoms with Crippen LogP contribution in [-0.4, -0.2) is 43.1 Å². The third kappa shape index (κ3) is 3.60. The summed E-state index contributed by atoms with van der Waals surface area (Å²) in [4.78, 5) is 4.43. The molecule has 6 nitrogen and oxygen atoms in total. The van der Waals surface area contributed by atoms with E-state index in [0.29, 0.717) is 17.0 Å². The predicted molar refractivity (Wildman–Crippen MR) is 97.4 cm³/mol. The molecular formula is C19H19FN2O4S. The SMILES string of the molecule is Cc1ccc(S(=O)(=O)N2CC(F)C(OCc3nc4ccccc4o3)C2)cc1. The lowest BCUT2D eigenvalue weighted by atomic mass is 10.2. The number of benzene rings is 2. The van der Waals surface area contributed by atoms with E-state index < -0.39 is 22.3 Å². The molecule has 4 rings (SSSR count). The smallest absolute Gasteiger partial charge is 0.243 e. The quantitative estimate of drug-likeness (QED) is 0.670. The number of hydrogen-bond donors (Lipinski definition) is 0. The lowest BCUT2D eigenvalue weighted by Gasteiger charge is -2.16. The minimum atomic E-state index is -3.75. The van der Waals surface area contributed by atoms with Crippen molar-refractivity contribution in [3.8, 4) is 0 Å². The Morgan fingerprint density at radius 3 is 2.67 bits per heavy atom. The van der Waals surface area contributed by atoms with E-state index in [-0.39, 0.29) is 24.6 Å². The summed E-state index contributed by atoms with van der Waals surface area (Å²) in [6.45, 7) is 1.59. The van der Waals surface area contributed by atoms with Crippen LogP contribution >= 0.6 is 0 Å². The summed E-state index contributed by atoms with van der Waals surface area (Å²) in [5, 5.41) is 0. The van der Waals surface area contributed by atoms with Crippen LogP contribution in [0.4, 0.5) is 4.39 Å². The van der Waals surface area contributed by atoms with E-state index in [4.69, 9.17) is 9.15 Å². The number of hydrogen-bond acceptors (Lipinski definition) is 5. The van der Waals surface area contributed by atoms with Gasteiger partial charge in [0.05, 0.1) is 4.90 Å². The Hall–Kier alpha value is -2.29. The van der Waals surface area contributed by atoms with Gasteiger partial charge in [-0.15, -0.1) is 0 Å². The fourth-order valence-electron chi connectivity index (χ4n) is 3.07. The van der Waals surface area contributed by atoms with Gasteiger partial charge in [-0.05, 0) is 31.2 Å². The minimum Gasteiger partial charge on any atom is -0.438 e. The molecule has 0 radical (unpaired) electrons. The van der Waals surface area contributed by atoms with Gasteiger partial charge in [-0.25, -0.2) is 17.8 Å². The number of aromatic nitrogens is 1. The van der Waals surface area contributed by atoms with E-state index >= 15 is 0 Å².